The number of nitrogens with one attached hydrogen (secondary N) is 1. The zero-order chi connectivity index (χ0) is 19.7. The van der Waals surface area contributed by atoms with Gasteiger partial charge in [-0.2, -0.15) is 0 Å². The van der Waals surface area contributed by atoms with E-state index in [2.05, 4.69) is 5.32 Å². The van der Waals surface area contributed by atoms with Crippen LogP contribution in [0.25, 0.3) is 0 Å². The quantitative estimate of drug-likeness (QED) is 0.736. The first kappa shape index (κ1) is 18.9. The number of piperidine rings is 1. The van der Waals surface area contributed by atoms with Gasteiger partial charge in [-0.05, 0) is 56.0 Å². The molecule has 3 aliphatic heterocycles. The summed E-state index contributed by atoms with van der Waals surface area (Å²) in [6.07, 6.45) is 3.80. The number of fused-ring (bicyclic) bond motifs is 1. The number of aliphatic hydroxyl groups is 1. The molecule has 8 heteroatoms. The van der Waals surface area contributed by atoms with E-state index in [-0.39, 0.29) is 24.9 Å². The molecule has 0 aromatic heterocycles. The summed E-state index contributed by atoms with van der Waals surface area (Å²) in [5.74, 6) is -0.408. The lowest BCUT2D eigenvalue weighted by molar-refractivity contribution is -0.156. The minimum absolute atomic E-state index is 0.109. The second-order valence-electron chi connectivity index (χ2n) is 7.55. The van der Waals surface area contributed by atoms with Crippen molar-refractivity contribution in [3.05, 3.63) is 29.3 Å². The van der Waals surface area contributed by atoms with Crippen molar-refractivity contribution in [3.63, 3.8) is 0 Å². The monoisotopic (exact) mass is 387 g/mol. The SMILES string of the molecule is O=C1CCC(N2Cc3cc(O[C@@H]4CCCCNC4)ccc3C2=O)C(=O)N1CO. The molecule has 0 radical (unpaired) electrons. The molecule has 1 unspecified atom stereocenters. The van der Waals surface area contributed by atoms with Crippen molar-refractivity contribution in [1.29, 1.82) is 0 Å². The van der Waals surface area contributed by atoms with Gasteiger partial charge in [0.25, 0.3) is 11.8 Å². The topological polar surface area (TPSA) is 99.2 Å². The van der Waals surface area contributed by atoms with Crippen LogP contribution in [0.2, 0.25) is 0 Å². The highest BCUT2D eigenvalue weighted by Crippen LogP contribution is 2.31. The average molecular weight is 387 g/mol. The fourth-order valence-corrected chi connectivity index (χ4v) is 4.18. The second kappa shape index (κ2) is 7.89. The molecule has 3 aliphatic rings. The highest BCUT2D eigenvalue weighted by molar-refractivity contribution is 6.05. The first-order valence-corrected chi connectivity index (χ1v) is 9.85. The van der Waals surface area contributed by atoms with Gasteiger partial charge in [-0.1, -0.05) is 0 Å². The molecule has 0 aliphatic carbocycles. The lowest BCUT2D eigenvalue weighted by Crippen LogP contribution is -2.54. The number of benzene rings is 1. The van der Waals surface area contributed by atoms with Crippen LogP contribution in [0.15, 0.2) is 18.2 Å². The zero-order valence-corrected chi connectivity index (χ0v) is 15.7. The summed E-state index contributed by atoms with van der Waals surface area (Å²) >= 11 is 0. The molecule has 4 rings (SSSR count). The molecule has 8 nitrogen and oxygen atoms in total. The van der Waals surface area contributed by atoms with Crippen molar-refractivity contribution >= 4 is 17.7 Å². The number of ether oxygens (including phenoxy) is 1. The minimum Gasteiger partial charge on any atom is -0.489 e. The Kier molecular flexibility index (Phi) is 5.32. The number of hydrogen-bond donors (Lipinski definition) is 2. The van der Waals surface area contributed by atoms with Crippen LogP contribution >= 0.6 is 0 Å². The molecule has 1 aromatic rings. The van der Waals surface area contributed by atoms with Crippen molar-refractivity contribution in [2.75, 3.05) is 19.8 Å². The second-order valence-corrected chi connectivity index (χ2v) is 7.55. The van der Waals surface area contributed by atoms with Gasteiger partial charge in [0.15, 0.2) is 0 Å². The Hall–Kier alpha value is -2.45. The number of nitrogens with zero attached hydrogens (tertiary/aromatic N) is 2. The fourth-order valence-electron chi connectivity index (χ4n) is 4.18. The number of imide groups is 1. The molecular weight excluding hydrogens is 362 g/mol. The molecule has 2 N–H and O–H groups in total. The summed E-state index contributed by atoms with van der Waals surface area (Å²) in [4.78, 5) is 39.4. The molecule has 0 bridgehead atoms. The maximum Gasteiger partial charge on any atom is 0.255 e. The lowest BCUT2D eigenvalue weighted by atomic mass is 10.0. The number of aliphatic hydroxyl groups excluding tert-OH is 1. The van der Waals surface area contributed by atoms with Crippen LogP contribution in [0, 0.1) is 0 Å². The third kappa shape index (κ3) is 3.49. The van der Waals surface area contributed by atoms with Crippen LogP contribution in [0.3, 0.4) is 0 Å². The van der Waals surface area contributed by atoms with E-state index < -0.39 is 24.6 Å². The molecule has 2 atom stereocenters. The van der Waals surface area contributed by atoms with Crippen molar-refractivity contribution in [1.82, 2.24) is 15.1 Å². The van der Waals surface area contributed by atoms with Gasteiger partial charge < -0.3 is 20.1 Å². The van der Waals surface area contributed by atoms with Gasteiger partial charge in [-0.15, -0.1) is 0 Å². The predicted octanol–water partition coefficient (Wildman–Crippen LogP) is 0.631. The molecule has 3 amide bonds. The maximum absolute atomic E-state index is 12.8. The van der Waals surface area contributed by atoms with Gasteiger partial charge in [0.1, 0.15) is 24.6 Å². The van der Waals surface area contributed by atoms with E-state index in [9.17, 15) is 19.5 Å². The Morgan fingerprint density at radius 2 is 2.04 bits per heavy atom. The van der Waals surface area contributed by atoms with Crippen molar-refractivity contribution in [2.24, 2.45) is 0 Å². The number of carbonyl (C=O) groups is 3. The van der Waals surface area contributed by atoms with Crippen LogP contribution < -0.4 is 10.1 Å². The number of amides is 3. The van der Waals surface area contributed by atoms with Crippen molar-refractivity contribution in [3.8, 4) is 5.75 Å². The zero-order valence-electron chi connectivity index (χ0n) is 15.7. The minimum atomic E-state index is -0.722. The lowest BCUT2D eigenvalue weighted by Gasteiger charge is -2.34. The fraction of sp³-hybridized carbons (Fsp3) is 0.550. The third-order valence-electron chi connectivity index (χ3n) is 5.71. The molecule has 3 heterocycles. The first-order chi connectivity index (χ1) is 13.6. The molecule has 150 valence electrons. The van der Waals surface area contributed by atoms with Gasteiger partial charge in [0, 0.05) is 25.1 Å². The summed E-state index contributed by atoms with van der Waals surface area (Å²) in [5.41, 5.74) is 1.39. The van der Waals surface area contributed by atoms with Crippen LogP contribution in [0.5, 0.6) is 5.75 Å². The molecular formula is C20H25N3O5. The number of rotatable bonds is 4. The van der Waals surface area contributed by atoms with Crippen LogP contribution in [-0.2, 0) is 16.1 Å². The van der Waals surface area contributed by atoms with E-state index >= 15 is 0 Å². The molecule has 0 saturated carbocycles. The van der Waals surface area contributed by atoms with Gasteiger partial charge in [0.05, 0.1) is 0 Å². The highest BCUT2D eigenvalue weighted by Gasteiger charge is 2.42. The van der Waals surface area contributed by atoms with E-state index in [1.807, 2.05) is 6.07 Å². The normalized spacial score (nSPS) is 25.7. The van der Waals surface area contributed by atoms with E-state index in [0.717, 1.165) is 48.6 Å². The van der Waals surface area contributed by atoms with Crippen LogP contribution in [-0.4, -0.2) is 64.6 Å². The largest absolute Gasteiger partial charge is 0.489 e. The standard InChI is InChI=1S/C20H25N3O5/c24-12-23-18(25)7-6-17(20(23)27)22-11-13-9-14(4-5-16(13)19(22)26)28-15-3-1-2-8-21-10-15/h4-5,9,15,17,21,24H,1-3,6-8,10-12H2/t15-,17?/m1/s1. The summed E-state index contributed by atoms with van der Waals surface area (Å²) in [6.45, 7) is 1.47. The Labute approximate surface area is 163 Å². The summed E-state index contributed by atoms with van der Waals surface area (Å²) in [6, 6.07) is 4.71. The van der Waals surface area contributed by atoms with Crippen molar-refractivity contribution in [2.45, 2.75) is 50.8 Å². The average Bonchev–Trinajstić information content (AvgIpc) is 2.84. The molecule has 2 fully saturated rings. The Bertz CT molecular complexity index is 788. The third-order valence-corrected chi connectivity index (χ3v) is 5.71. The van der Waals surface area contributed by atoms with E-state index in [1.165, 1.54) is 4.90 Å². The predicted molar refractivity (Wildman–Crippen MR) is 99.4 cm³/mol. The van der Waals surface area contributed by atoms with E-state index in [0.29, 0.717) is 12.1 Å². The van der Waals surface area contributed by atoms with Gasteiger partial charge in [-0.3, -0.25) is 19.3 Å². The molecule has 1 aromatic carbocycles. The highest BCUT2D eigenvalue weighted by atomic mass is 16.5. The molecule has 0 spiro atoms. The van der Waals surface area contributed by atoms with Gasteiger partial charge in [-0.25, -0.2) is 0 Å². The summed E-state index contributed by atoms with van der Waals surface area (Å²) in [5, 5.41) is 12.7. The number of carbonyl (C=O) groups excluding carboxylic acids is 3. The van der Waals surface area contributed by atoms with E-state index in [4.69, 9.17) is 4.74 Å². The number of likely N-dealkylation sites (tertiary alicyclic amines) is 1. The van der Waals surface area contributed by atoms with Crippen LogP contribution in [0.4, 0.5) is 0 Å². The van der Waals surface area contributed by atoms with Gasteiger partial charge in [0.2, 0.25) is 5.91 Å². The van der Waals surface area contributed by atoms with Gasteiger partial charge >= 0.3 is 0 Å². The maximum atomic E-state index is 12.8. The van der Waals surface area contributed by atoms with Crippen molar-refractivity contribution < 1.29 is 24.2 Å². The molecule has 2 saturated heterocycles. The Morgan fingerprint density at radius 3 is 2.86 bits per heavy atom. The Balaban J connectivity index is 1.49. The van der Waals surface area contributed by atoms with Crippen LogP contribution in [0.1, 0.15) is 48.0 Å². The van der Waals surface area contributed by atoms with E-state index in [1.54, 1.807) is 12.1 Å². The first-order valence-electron chi connectivity index (χ1n) is 9.85. The summed E-state index contributed by atoms with van der Waals surface area (Å²) < 4.78 is 6.10. The Morgan fingerprint density at radius 1 is 1.18 bits per heavy atom. The molecule has 28 heavy (non-hydrogen) atoms. The summed E-state index contributed by atoms with van der Waals surface area (Å²) in [7, 11) is 0. The number of hydrogen-bond acceptors (Lipinski definition) is 6. The smallest absolute Gasteiger partial charge is 0.255 e.